The molecule has 1 aliphatic rings. The van der Waals surface area contributed by atoms with Crippen molar-refractivity contribution in [2.75, 3.05) is 37.0 Å². The van der Waals surface area contributed by atoms with E-state index in [9.17, 15) is 22.4 Å². The van der Waals surface area contributed by atoms with Crippen LogP contribution in [0, 0.1) is 5.82 Å². The van der Waals surface area contributed by atoms with Crippen molar-refractivity contribution in [3.05, 3.63) is 48.0 Å². The fraction of sp³-hybridized carbons (Fsp3) is 0.421. The number of hydrogen-bond acceptors (Lipinski definition) is 5. The zero-order valence-corrected chi connectivity index (χ0v) is 15.9. The molecule has 3 rings (SSSR count). The molecule has 29 heavy (non-hydrogen) atoms. The SMILES string of the molecule is CN(C)c1nccnc1N1CCC(c2ccc(F)cc2)C(NC(=O)C(F)(F)F)C1. The molecular formula is C19H21F4N5O. The largest absolute Gasteiger partial charge is 0.471 e. The molecule has 2 atom stereocenters. The van der Waals surface area contributed by atoms with Crippen molar-refractivity contribution in [3.63, 3.8) is 0 Å². The fourth-order valence-electron chi connectivity index (χ4n) is 3.51. The molecule has 2 aromatic rings. The number of nitrogens with one attached hydrogen (secondary N) is 1. The number of piperidine rings is 1. The molecule has 1 saturated heterocycles. The molecule has 0 radical (unpaired) electrons. The molecule has 2 heterocycles. The summed E-state index contributed by atoms with van der Waals surface area (Å²) in [4.78, 5) is 23.8. The number of amides is 1. The second-order valence-electron chi connectivity index (χ2n) is 7.07. The number of anilines is 2. The first-order valence-corrected chi connectivity index (χ1v) is 9.03. The Bertz CT molecular complexity index is 856. The molecule has 0 bridgehead atoms. The molecule has 0 spiro atoms. The minimum Gasteiger partial charge on any atom is -0.360 e. The van der Waals surface area contributed by atoms with Crippen LogP contribution in [-0.2, 0) is 4.79 Å². The number of halogens is 4. The van der Waals surface area contributed by atoms with E-state index in [0.29, 0.717) is 30.2 Å². The maximum Gasteiger partial charge on any atom is 0.471 e. The van der Waals surface area contributed by atoms with Crippen molar-refractivity contribution >= 4 is 17.5 Å². The van der Waals surface area contributed by atoms with Crippen molar-refractivity contribution in [2.24, 2.45) is 0 Å². The van der Waals surface area contributed by atoms with E-state index in [1.54, 1.807) is 19.0 Å². The molecule has 10 heteroatoms. The van der Waals surface area contributed by atoms with Gasteiger partial charge in [0.15, 0.2) is 11.6 Å². The van der Waals surface area contributed by atoms with E-state index in [1.165, 1.54) is 36.7 Å². The number of hydrogen-bond donors (Lipinski definition) is 1. The van der Waals surface area contributed by atoms with E-state index in [0.717, 1.165) is 0 Å². The van der Waals surface area contributed by atoms with Crippen LogP contribution in [-0.4, -0.2) is 55.3 Å². The molecule has 6 nitrogen and oxygen atoms in total. The number of rotatable bonds is 4. The minimum atomic E-state index is -4.99. The van der Waals surface area contributed by atoms with Crippen LogP contribution >= 0.6 is 0 Å². The van der Waals surface area contributed by atoms with Gasteiger partial charge < -0.3 is 15.1 Å². The van der Waals surface area contributed by atoms with E-state index in [-0.39, 0.29) is 6.54 Å². The summed E-state index contributed by atoms with van der Waals surface area (Å²) in [5.74, 6) is -1.71. The van der Waals surface area contributed by atoms with Crippen LogP contribution in [0.1, 0.15) is 17.9 Å². The van der Waals surface area contributed by atoms with Gasteiger partial charge in [0.2, 0.25) is 0 Å². The van der Waals surface area contributed by atoms with Gasteiger partial charge in [-0.3, -0.25) is 4.79 Å². The smallest absolute Gasteiger partial charge is 0.360 e. The number of benzene rings is 1. The van der Waals surface area contributed by atoms with Gasteiger partial charge in [-0.05, 0) is 24.1 Å². The first kappa shape index (κ1) is 20.8. The molecular weight excluding hydrogens is 390 g/mol. The third kappa shape index (κ3) is 4.75. The van der Waals surface area contributed by atoms with Gasteiger partial charge >= 0.3 is 12.1 Å². The van der Waals surface area contributed by atoms with Crippen LogP contribution in [0.5, 0.6) is 0 Å². The van der Waals surface area contributed by atoms with Gasteiger partial charge in [-0.2, -0.15) is 13.2 Å². The van der Waals surface area contributed by atoms with Crippen molar-refractivity contribution in [1.82, 2.24) is 15.3 Å². The van der Waals surface area contributed by atoms with E-state index >= 15 is 0 Å². The summed E-state index contributed by atoms with van der Waals surface area (Å²) in [6, 6.07) is 4.76. The molecule has 1 fully saturated rings. The lowest BCUT2D eigenvalue weighted by molar-refractivity contribution is -0.174. The molecule has 1 aromatic carbocycles. The van der Waals surface area contributed by atoms with E-state index in [4.69, 9.17) is 0 Å². The van der Waals surface area contributed by atoms with Gasteiger partial charge in [0.25, 0.3) is 0 Å². The van der Waals surface area contributed by atoms with E-state index < -0.39 is 29.9 Å². The second-order valence-corrected chi connectivity index (χ2v) is 7.07. The summed E-state index contributed by atoms with van der Waals surface area (Å²) >= 11 is 0. The Morgan fingerprint density at radius 1 is 1.17 bits per heavy atom. The van der Waals surface area contributed by atoms with Crippen molar-refractivity contribution < 1.29 is 22.4 Å². The van der Waals surface area contributed by atoms with Crippen molar-refractivity contribution in [3.8, 4) is 0 Å². The number of carbonyl (C=O) groups excluding carboxylic acids is 1. The summed E-state index contributed by atoms with van der Waals surface area (Å²) in [6.07, 6.45) is -1.49. The van der Waals surface area contributed by atoms with Gasteiger partial charge in [-0.1, -0.05) is 12.1 Å². The monoisotopic (exact) mass is 411 g/mol. The first-order chi connectivity index (χ1) is 13.7. The van der Waals surface area contributed by atoms with Crippen LogP contribution in [0.15, 0.2) is 36.7 Å². The van der Waals surface area contributed by atoms with Gasteiger partial charge in [-0.25, -0.2) is 14.4 Å². The van der Waals surface area contributed by atoms with Crippen molar-refractivity contribution in [2.45, 2.75) is 24.6 Å². The van der Waals surface area contributed by atoms with E-state index in [2.05, 4.69) is 15.3 Å². The lowest BCUT2D eigenvalue weighted by Crippen LogP contribution is -2.54. The summed E-state index contributed by atoms with van der Waals surface area (Å²) in [5, 5.41) is 2.11. The van der Waals surface area contributed by atoms with Gasteiger partial charge in [0.05, 0.1) is 6.04 Å². The predicted octanol–water partition coefficient (Wildman–Crippen LogP) is 2.72. The Balaban J connectivity index is 1.90. The minimum absolute atomic E-state index is 0.114. The van der Waals surface area contributed by atoms with Gasteiger partial charge in [-0.15, -0.1) is 0 Å². The van der Waals surface area contributed by atoms with E-state index in [1.807, 2.05) is 4.90 Å². The van der Waals surface area contributed by atoms with Crippen molar-refractivity contribution in [1.29, 1.82) is 0 Å². The normalized spacial score (nSPS) is 19.7. The first-order valence-electron chi connectivity index (χ1n) is 9.03. The Kier molecular flexibility index (Phi) is 5.90. The molecule has 2 unspecified atom stereocenters. The zero-order valence-electron chi connectivity index (χ0n) is 15.9. The Morgan fingerprint density at radius 3 is 2.45 bits per heavy atom. The topological polar surface area (TPSA) is 61.4 Å². The zero-order chi connectivity index (χ0) is 21.2. The third-order valence-electron chi connectivity index (χ3n) is 4.87. The predicted molar refractivity (Wildman–Crippen MR) is 100 cm³/mol. The van der Waals surface area contributed by atoms with Crippen LogP contribution in [0.2, 0.25) is 0 Å². The standard InChI is InChI=1S/C19H21F4N5O/c1-27(2)16-17(25-9-8-24-16)28-10-7-14(12-3-5-13(20)6-4-12)15(11-28)26-18(29)19(21,22)23/h3-6,8-9,14-15H,7,10-11H2,1-2H3,(H,26,29). The molecule has 156 valence electrons. The lowest BCUT2D eigenvalue weighted by Gasteiger charge is -2.40. The Morgan fingerprint density at radius 2 is 1.83 bits per heavy atom. The molecule has 1 aliphatic heterocycles. The Hall–Kier alpha value is -2.91. The van der Waals surface area contributed by atoms with Crippen LogP contribution in [0.4, 0.5) is 29.2 Å². The van der Waals surface area contributed by atoms with Crippen LogP contribution in [0.25, 0.3) is 0 Å². The second kappa shape index (κ2) is 8.22. The Labute approximate surface area is 165 Å². The van der Waals surface area contributed by atoms with Gasteiger partial charge in [0, 0.05) is 45.5 Å². The molecule has 1 N–H and O–H groups in total. The highest BCUT2D eigenvalue weighted by atomic mass is 19.4. The third-order valence-corrected chi connectivity index (χ3v) is 4.87. The highest BCUT2D eigenvalue weighted by molar-refractivity contribution is 5.82. The molecule has 1 amide bonds. The number of nitrogens with zero attached hydrogens (tertiary/aromatic N) is 4. The quantitative estimate of drug-likeness (QED) is 0.784. The molecule has 1 aromatic heterocycles. The number of aromatic nitrogens is 2. The summed E-state index contributed by atoms with van der Waals surface area (Å²) < 4.78 is 51.9. The lowest BCUT2D eigenvalue weighted by atomic mass is 9.85. The summed E-state index contributed by atoms with van der Waals surface area (Å²) in [5.41, 5.74) is 0.672. The number of carbonyl (C=O) groups is 1. The average Bonchev–Trinajstić information content (AvgIpc) is 2.68. The maximum absolute atomic E-state index is 13.3. The highest BCUT2D eigenvalue weighted by Crippen LogP contribution is 2.33. The molecule has 0 saturated carbocycles. The molecule has 0 aliphatic carbocycles. The summed E-state index contributed by atoms with van der Waals surface area (Å²) in [6.45, 7) is 0.614. The van der Waals surface area contributed by atoms with Crippen LogP contribution in [0.3, 0.4) is 0 Å². The maximum atomic E-state index is 13.3. The highest BCUT2D eigenvalue weighted by Gasteiger charge is 2.42. The number of alkyl halides is 3. The summed E-state index contributed by atoms with van der Waals surface area (Å²) in [7, 11) is 3.59. The average molecular weight is 411 g/mol. The van der Waals surface area contributed by atoms with Gasteiger partial charge in [0.1, 0.15) is 5.82 Å². The van der Waals surface area contributed by atoms with Crippen LogP contribution < -0.4 is 15.1 Å². The fourth-order valence-corrected chi connectivity index (χ4v) is 3.51.